The van der Waals surface area contributed by atoms with Crippen LogP contribution in [-0.4, -0.2) is 30.9 Å². The molecule has 0 saturated carbocycles. The first-order valence-corrected chi connectivity index (χ1v) is 4.89. The van der Waals surface area contributed by atoms with Crippen LogP contribution in [0, 0.1) is 0 Å². The zero-order valence-electron chi connectivity index (χ0n) is 8.89. The summed E-state index contributed by atoms with van der Waals surface area (Å²) in [5.41, 5.74) is 0.159. The topological polar surface area (TPSA) is 55.8 Å². The van der Waals surface area contributed by atoms with Crippen molar-refractivity contribution in [2.75, 3.05) is 19.8 Å². The van der Waals surface area contributed by atoms with Gasteiger partial charge in [0.25, 0.3) is 0 Å². The lowest BCUT2D eigenvalue weighted by atomic mass is 10.2. The van der Waals surface area contributed by atoms with E-state index in [4.69, 9.17) is 14.6 Å². The fraction of sp³-hybridized carbons (Fsp3) is 0.250. The Morgan fingerprint density at radius 1 is 1.38 bits per heavy atom. The number of hydrogen-bond acceptors (Lipinski definition) is 3. The number of hydrogen-bond donors (Lipinski definition) is 1. The van der Waals surface area contributed by atoms with Crippen LogP contribution in [0.1, 0.15) is 10.4 Å². The molecule has 86 valence electrons. The van der Waals surface area contributed by atoms with Gasteiger partial charge in [-0.25, -0.2) is 4.79 Å². The van der Waals surface area contributed by atoms with Gasteiger partial charge in [-0.05, 0) is 12.1 Å². The molecule has 0 saturated heterocycles. The van der Waals surface area contributed by atoms with Crippen LogP contribution in [0.25, 0.3) is 0 Å². The summed E-state index contributed by atoms with van der Waals surface area (Å²) in [5.74, 6) is -0.639. The summed E-state index contributed by atoms with van der Waals surface area (Å²) in [5, 5.41) is 8.88. The summed E-state index contributed by atoms with van der Waals surface area (Å²) < 4.78 is 10.4. The van der Waals surface area contributed by atoms with Gasteiger partial charge in [-0.1, -0.05) is 18.2 Å². The van der Waals surface area contributed by atoms with Crippen molar-refractivity contribution >= 4 is 5.97 Å². The lowest BCUT2D eigenvalue weighted by Crippen LogP contribution is -2.09. The van der Waals surface area contributed by atoms with E-state index in [0.29, 0.717) is 25.6 Å². The van der Waals surface area contributed by atoms with Crippen molar-refractivity contribution in [1.29, 1.82) is 0 Å². The van der Waals surface area contributed by atoms with Gasteiger partial charge in [0.05, 0.1) is 13.2 Å². The number of ether oxygens (including phenoxy) is 2. The molecule has 1 N–H and O–H groups in total. The highest BCUT2D eigenvalue weighted by Crippen LogP contribution is 2.17. The van der Waals surface area contributed by atoms with E-state index in [9.17, 15) is 4.79 Å². The molecule has 0 spiro atoms. The highest BCUT2D eigenvalue weighted by atomic mass is 16.5. The molecule has 0 aliphatic carbocycles. The van der Waals surface area contributed by atoms with Crippen molar-refractivity contribution in [3.63, 3.8) is 0 Å². The van der Waals surface area contributed by atoms with E-state index < -0.39 is 5.97 Å². The molecule has 1 rings (SSSR count). The molecule has 0 amide bonds. The van der Waals surface area contributed by atoms with Crippen LogP contribution in [0.5, 0.6) is 5.75 Å². The SMILES string of the molecule is C=CCOCCOc1ccccc1C(=O)O. The Balaban J connectivity index is 2.47. The van der Waals surface area contributed by atoms with Crippen LogP contribution in [-0.2, 0) is 4.74 Å². The molecule has 0 heterocycles. The second-order valence-corrected chi connectivity index (χ2v) is 3.01. The predicted molar refractivity (Wildman–Crippen MR) is 59.9 cm³/mol. The van der Waals surface area contributed by atoms with E-state index in [1.807, 2.05) is 0 Å². The minimum Gasteiger partial charge on any atom is -0.490 e. The average molecular weight is 222 g/mol. The zero-order chi connectivity index (χ0) is 11.8. The minimum atomic E-state index is -0.998. The Morgan fingerprint density at radius 3 is 2.81 bits per heavy atom. The summed E-state index contributed by atoms with van der Waals surface area (Å²) in [4.78, 5) is 10.8. The zero-order valence-corrected chi connectivity index (χ0v) is 8.89. The molecule has 1 aromatic rings. The van der Waals surface area contributed by atoms with E-state index in [0.717, 1.165) is 0 Å². The molecule has 0 radical (unpaired) electrons. The van der Waals surface area contributed by atoms with Crippen LogP contribution in [0.4, 0.5) is 0 Å². The smallest absolute Gasteiger partial charge is 0.339 e. The molecular weight excluding hydrogens is 208 g/mol. The van der Waals surface area contributed by atoms with Crippen LogP contribution in [0.3, 0.4) is 0 Å². The summed E-state index contributed by atoms with van der Waals surface area (Å²) >= 11 is 0. The maximum Gasteiger partial charge on any atom is 0.339 e. The molecule has 0 bridgehead atoms. The van der Waals surface area contributed by atoms with Gasteiger partial charge in [0.1, 0.15) is 17.9 Å². The predicted octanol–water partition coefficient (Wildman–Crippen LogP) is 1.97. The molecule has 0 fully saturated rings. The van der Waals surface area contributed by atoms with Crippen molar-refractivity contribution < 1.29 is 19.4 Å². The molecule has 4 nitrogen and oxygen atoms in total. The van der Waals surface area contributed by atoms with Gasteiger partial charge in [-0.15, -0.1) is 6.58 Å². The monoisotopic (exact) mass is 222 g/mol. The Labute approximate surface area is 94.1 Å². The lowest BCUT2D eigenvalue weighted by molar-refractivity contribution is 0.0688. The van der Waals surface area contributed by atoms with Crippen molar-refractivity contribution in [2.24, 2.45) is 0 Å². The Morgan fingerprint density at radius 2 is 2.12 bits per heavy atom. The summed E-state index contributed by atoms with van der Waals surface area (Å²) in [6.07, 6.45) is 1.64. The lowest BCUT2D eigenvalue weighted by Gasteiger charge is -2.08. The largest absolute Gasteiger partial charge is 0.490 e. The summed E-state index contributed by atoms with van der Waals surface area (Å²) in [7, 11) is 0. The summed E-state index contributed by atoms with van der Waals surface area (Å²) in [6.45, 7) is 4.69. The molecule has 0 aliphatic heterocycles. The van der Waals surface area contributed by atoms with E-state index in [1.54, 1.807) is 24.3 Å². The second kappa shape index (κ2) is 6.63. The molecule has 0 aliphatic rings. The second-order valence-electron chi connectivity index (χ2n) is 3.01. The minimum absolute atomic E-state index is 0.159. The maximum atomic E-state index is 10.8. The van der Waals surface area contributed by atoms with Crippen molar-refractivity contribution in [1.82, 2.24) is 0 Å². The third-order valence-electron chi connectivity index (χ3n) is 1.84. The molecule has 4 heteroatoms. The number of benzene rings is 1. The first-order chi connectivity index (χ1) is 7.75. The van der Waals surface area contributed by atoms with E-state index >= 15 is 0 Å². The first-order valence-electron chi connectivity index (χ1n) is 4.89. The summed E-state index contributed by atoms with van der Waals surface area (Å²) in [6, 6.07) is 6.51. The maximum absolute atomic E-state index is 10.8. The van der Waals surface area contributed by atoms with Gasteiger partial charge in [-0.3, -0.25) is 0 Å². The van der Waals surface area contributed by atoms with Gasteiger partial charge in [-0.2, -0.15) is 0 Å². The van der Waals surface area contributed by atoms with Crippen LogP contribution >= 0.6 is 0 Å². The highest BCUT2D eigenvalue weighted by Gasteiger charge is 2.09. The highest BCUT2D eigenvalue weighted by molar-refractivity contribution is 5.90. The van der Waals surface area contributed by atoms with Gasteiger partial charge >= 0.3 is 5.97 Å². The average Bonchev–Trinajstić information content (AvgIpc) is 2.29. The first kappa shape index (κ1) is 12.3. The Bertz CT molecular complexity index is 360. The molecule has 0 unspecified atom stereocenters. The third-order valence-corrected chi connectivity index (χ3v) is 1.84. The van der Waals surface area contributed by atoms with Crippen LogP contribution in [0.15, 0.2) is 36.9 Å². The number of carboxylic acid groups (broad SMARTS) is 1. The number of carboxylic acids is 1. The number of carbonyl (C=O) groups is 1. The van der Waals surface area contributed by atoms with Crippen molar-refractivity contribution in [3.8, 4) is 5.75 Å². The van der Waals surface area contributed by atoms with E-state index in [2.05, 4.69) is 6.58 Å². The Kier molecular flexibility index (Phi) is 5.08. The normalized spacial score (nSPS) is 9.75. The molecular formula is C12H14O4. The molecule has 0 aromatic heterocycles. The quantitative estimate of drug-likeness (QED) is 0.566. The number of aromatic carboxylic acids is 1. The molecule has 1 aromatic carbocycles. The van der Waals surface area contributed by atoms with Gasteiger partial charge < -0.3 is 14.6 Å². The van der Waals surface area contributed by atoms with Gasteiger partial charge in [0.2, 0.25) is 0 Å². The fourth-order valence-corrected chi connectivity index (χ4v) is 1.15. The van der Waals surface area contributed by atoms with Crippen molar-refractivity contribution in [3.05, 3.63) is 42.5 Å². The van der Waals surface area contributed by atoms with Crippen LogP contribution in [0.2, 0.25) is 0 Å². The van der Waals surface area contributed by atoms with Crippen molar-refractivity contribution in [2.45, 2.75) is 0 Å². The Hall–Kier alpha value is -1.81. The number of rotatable bonds is 7. The van der Waals surface area contributed by atoms with E-state index in [1.165, 1.54) is 6.07 Å². The van der Waals surface area contributed by atoms with Gasteiger partial charge in [0, 0.05) is 0 Å². The fourth-order valence-electron chi connectivity index (χ4n) is 1.15. The standard InChI is InChI=1S/C12H14O4/c1-2-7-15-8-9-16-11-6-4-3-5-10(11)12(13)14/h2-6H,1,7-9H2,(H,13,14). The molecule has 0 atom stereocenters. The number of para-hydroxylation sites is 1. The van der Waals surface area contributed by atoms with E-state index in [-0.39, 0.29) is 5.56 Å². The third kappa shape index (κ3) is 3.74. The van der Waals surface area contributed by atoms with Crippen LogP contribution < -0.4 is 4.74 Å². The van der Waals surface area contributed by atoms with Gasteiger partial charge in [0.15, 0.2) is 0 Å². The molecule has 16 heavy (non-hydrogen) atoms.